The molecule has 2 aliphatic rings. The van der Waals surface area contributed by atoms with Crippen LogP contribution in [-0.2, 0) is 9.31 Å². The van der Waals surface area contributed by atoms with E-state index >= 15 is 0 Å². The van der Waals surface area contributed by atoms with E-state index in [9.17, 15) is 0 Å². The van der Waals surface area contributed by atoms with Gasteiger partial charge in [0.2, 0.25) is 0 Å². The van der Waals surface area contributed by atoms with E-state index in [1.54, 1.807) is 5.19 Å². The molecule has 0 amide bonds. The summed E-state index contributed by atoms with van der Waals surface area (Å²) in [6.07, 6.45) is 5.15. The van der Waals surface area contributed by atoms with Crippen molar-refractivity contribution < 1.29 is 9.31 Å². The molecule has 2 nitrogen and oxygen atoms in total. The second-order valence-electron chi connectivity index (χ2n) is 9.75. The topological polar surface area (TPSA) is 18.5 Å². The third-order valence-corrected chi connectivity index (χ3v) is 11.6. The van der Waals surface area contributed by atoms with Crippen LogP contribution in [0.2, 0.25) is 18.6 Å². The summed E-state index contributed by atoms with van der Waals surface area (Å²) in [6.45, 7) is 18.1. The van der Waals surface area contributed by atoms with Gasteiger partial charge < -0.3 is 9.31 Å². The zero-order valence-corrected chi connectivity index (χ0v) is 18.5. The van der Waals surface area contributed by atoms with Crippen LogP contribution in [0.1, 0.15) is 53.4 Å². The lowest BCUT2D eigenvalue weighted by Gasteiger charge is -2.43. The van der Waals surface area contributed by atoms with E-state index in [0.717, 1.165) is 0 Å². The molecule has 1 aliphatic carbocycles. The van der Waals surface area contributed by atoms with Crippen LogP contribution in [0.25, 0.3) is 0 Å². The number of benzene rings is 1. The molecule has 0 radical (unpaired) electrons. The summed E-state index contributed by atoms with van der Waals surface area (Å²) in [6, 6.07) is 11.1. The molecule has 2 fully saturated rings. The molecule has 2 atom stereocenters. The van der Waals surface area contributed by atoms with Gasteiger partial charge in [-0.25, -0.2) is 0 Å². The Labute approximate surface area is 161 Å². The predicted octanol–water partition coefficient (Wildman–Crippen LogP) is 5.35. The van der Waals surface area contributed by atoms with Crippen LogP contribution >= 0.6 is 0 Å². The normalized spacial score (nSPS) is 28.2. The van der Waals surface area contributed by atoms with E-state index in [1.807, 2.05) is 0 Å². The largest absolute Gasteiger partial charge is 0.490 e. The average molecular weight is 370 g/mol. The van der Waals surface area contributed by atoms with E-state index in [0.29, 0.717) is 11.5 Å². The second-order valence-corrected chi connectivity index (χ2v) is 14.5. The molecular weight excluding hydrogens is 335 g/mol. The van der Waals surface area contributed by atoms with Crippen molar-refractivity contribution in [3.8, 4) is 0 Å². The molecule has 1 aromatic carbocycles. The van der Waals surface area contributed by atoms with E-state index in [1.165, 1.54) is 31.2 Å². The third kappa shape index (κ3) is 3.48. The van der Waals surface area contributed by atoms with Gasteiger partial charge >= 0.3 is 7.12 Å². The van der Waals surface area contributed by atoms with E-state index in [2.05, 4.69) is 77.7 Å². The minimum Gasteiger partial charge on any atom is -0.400 e. The molecule has 4 heteroatoms. The Morgan fingerprint density at radius 2 is 1.54 bits per heavy atom. The van der Waals surface area contributed by atoms with Gasteiger partial charge in [0.05, 0.1) is 19.3 Å². The first kappa shape index (κ1) is 19.9. The van der Waals surface area contributed by atoms with Crippen molar-refractivity contribution in [1.82, 2.24) is 0 Å². The zero-order chi connectivity index (χ0) is 19.2. The van der Waals surface area contributed by atoms with Gasteiger partial charge in [0, 0.05) is 0 Å². The first-order chi connectivity index (χ1) is 12.1. The van der Waals surface area contributed by atoms with Gasteiger partial charge in [0.25, 0.3) is 0 Å². The van der Waals surface area contributed by atoms with Gasteiger partial charge in [0.15, 0.2) is 0 Å². The summed E-state index contributed by atoms with van der Waals surface area (Å²) >= 11 is 0. The van der Waals surface area contributed by atoms with Crippen LogP contribution in [0.4, 0.5) is 0 Å². The van der Waals surface area contributed by atoms with Crippen molar-refractivity contribution in [3.63, 3.8) is 0 Å². The van der Waals surface area contributed by atoms with E-state index < -0.39 is 8.07 Å². The molecule has 1 aromatic rings. The minimum atomic E-state index is -1.60. The molecule has 1 heterocycles. The minimum absolute atomic E-state index is 0.272. The zero-order valence-electron chi connectivity index (χ0n) is 17.5. The van der Waals surface area contributed by atoms with Crippen molar-refractivity contribution in [2.75, 3.05) is 0 Å². The van der Waals surface area contributed by atoms with Crippen LogP contribution in [0, 0.1) is 5.92 Å². The lowest BCUT2D eigenvalue weighted by molar-refractivity contribution is 0.00578. The molecule has 0 N–H and O–H groups in total. The van der Waals surface area contributed by atoms with Crippen LogP contribution in [-0.4, -0.2) is 26.4 Å². The summed E-state index contributed by atoms with van der Waals surface area (Å²) in [5, 5.41) is 1.55. The van der Waals surface area contributed by atoms with Gasteiger partial charge in [-0.1, -0.05) is 67.9 Å². The molecule has 1 saturated carbocycles. The number of hydrogen-bond donors (Lipinski definition) is 0. The Hall–Kier alpha value is -0.838. The number of allylic oxidation sites excluding steroid dienone is 1. The number of rotatable bonds is 4. The average Bonchev–Trinajstić information content (AvgIpc) is 2.83. The molecule has 0 bridgehead atoms. The lowest BCUT2D eigenvalue weighted by Crippen LogP contribution is -2.50. The van der Waals surface area contributed by atoms with Crippen molar-refractivity contribution in [3.05, 3.63) is 42.4 Å². The molecule has 0 spiro atoms. The molecule has 1 saturated heterocycles. The van der Waals surface area contributed by atoms with Crippen molar-refractivity contribution >= 4 is 20.4 Å². The summed E-state index contributed by atoms with van der Waals surface area (Å²) < 4.78 is 12.7. The van der Waals surface area contributed by atoms with Crippen LogP contribution in [0.3, 0.4) is 0 Å². The number of hydrogen-bond acceptors (Lipinski definition) is 2. The SMILES string of the molecule is C=C(B1OC(C)(C)C(C)(C)O1)[C@H]1CCCC[C@H]1[Si](C)(C)c1ccccc1. The standard InChI is InChI=1S/C22H35BO2Si/c1-17(23-24-21(2,3)22(4,5)25-23)19-15-11-12-16-20(19)26(6,7)18-13-9-8-10-14-18/h8-10,13-14,19-20H,1,11-12,15-16H2,2-7H3/t19-,20-/m1/s1. The highest BCUT2D eigenvalue weighted by atomic mass is 28.3. The van der Waals surface area contributed by atoms with Gasteiger partial charge in [-0.15, -0.1) is 6.58 Å². The molecule has 26 heavy (non-hydrogen) atoms. The van der Waals surface area contributed by atoms with Crippen LogP contribution in [0.15, 0.2) is 42.4 Å². The van der Waals surface area contributed by atoms with Crippen LogP contribution < -0.4 is 5.19 Å². The molecular formula is C22H35BO2Si. The highest BCUT2D eigenvalue weighted by Crippen LogP contribution is 2.48. The predicted molar refractivity (Wildman–Crippen MR) is 114 cm³/mol. The van der Waals surface area contributed by atoms with Gasteiger partial charge in [-0.3, -0.25) is 0 Å². The maximum absolute atomic E-state index is 6.34. The van der Waals surface area contributed by atoms with Crippen molar-refractivity contribution in [2.45, 2.75) is 83.2 Å². The molecule has 0 aromatic heterocycles. The molecule has 142 valence electrons. The summed E-state index contributed by atoms with van der Waals surface area (Å²) in [5.74, 6) is 0.500. The highest BCUT2D eigenvalue weighted by molar-refractivity contribution is 6.91. The summed E-state index contributed by atoms with van der Waals surface area (Å²) in [4.78, 5) is 0. The smallest absolute Gasteiger partial charge is 0.400 e. The summed E-state index contributed by atoms with van der Waals surface area (Å²) in [7, 11) is -1.87. The Balaban J connectivity index is 1.85. The van der Waals surface area contributed by atoms with Crippen molar-refractivity contribution in [2.24, 2.45) is 5.92 Å². The maximum Gasteiger partial charge on any atom is 0.490 e. The first-order valence-electron chi connectivity index (χ1n) is 10.2. The van der Waals surface area contributed by atoms with Crippen LogP contribution in [0.5, 0.6) is 0 Å². The second kappa shape index (κ2) is 6.96. The van der Waals surface area contributed by atoms with E-state index in [4.69, 9.17) is 9.31 Å². The van der Waals surface area contributed by atoms with Crippen molar-refractivity contribution in [1.29, 1.82) is 0 Å². The fourth-order valence-electron chi connectivity index (χ4n) is 4.69. The Kier molecular flexibility index (Phi) is 5.33. The Morgan fingerprint density at radius 1 is 1.00 bits per heavy atom. The molecule has 3 rings (SSSR count). The first-order valence-corrected chi connectivity index (χ1v) is 13.2. The Morgan fingerprint density at radius 3 is 2.12 bits per heavy atom. The molecule has 1 aliphatic heterocycles. The fourth-order valence-corrected chi connectivity index (χ4v) is 8.48. The lowest BCUT2D eigenvalue weighted by atomic mass is 9.67. The fraction of sp³-hybridized carbons (Fsp3) is 0.636. The Bertz CT molecular complexity index is 637. The highest BCUT2D eigenvalue weighted by Gasteiger charge is 2.54. The summed E-state index contributed by atoms with van der Waals surface area (Å²) in [5.41, 5.74) is 1.28. The van der Waals surface area contributed by atoms with Gasteiger partial charge in [-0.2, -0.15) is 0 Å². The quantitative estimate of drug-likeness (QED) is 0.665. The van der Waals surface area contributed by atoms with Gasteiger partial charge in [-0.05, 0) is 51.0 Å². The monoisotopic (exact) mass is 370 g/mol. The van der Waals surface area contributed by atoms with E-state index in [-0.39, 0.29) is 18.3 Å². The third-order valence-electron chi connectivity index (χ3n) is 7.24. The van der Waals surface area contributed by atoms with Gasteiger partial charge in [0.1, 0.15) is 0 Å². The maximum atomic E-state index is 6.34. The molecule has 0 unspecified atom stereocenters.